The number of aromatic nitrogens is 1. The fourth-order valence-electron chi connectivity index (χ4n) is 4.28. The Morgan fingerprint density at radius 1 is 1.10 bits per heavy atom. The van der Waals surface area contributed by atoms with Crippen LogP contribution in [0.5, 0.6) is 0 Å². The van der Waals surface area contributed by atoms with E-state index in [2.05, 4.69) is 11.0 Å². The third-order valence-corrected chi connectivity index (χ3v) is 5.22. The van der Waals surface area contributed by atoms with E-state index in [9.17, 15) is 4.79 Å². The average molecular weight is 274 g/mol. The van der Waals surface area contributed by atoms with Gasteiger partial charge >= 0.3 is 0 Å². The number of likely N-dealkylation sites (tertiary alicyclic amines) is 1. The van der Waals surface area contributed by atoms with Crippen molar-refractivity contribution in [2.75, 3.05) is 26.3 Å². The first kappa shape index (κ1) is 12.6. The van der Waals surface area contributed by atoms with Crippen molar-refractivity contribution >= 4 is 0 Å². The summed E-state index contributed by atoms with van der Waals surface area (Å²) < 4.78 is 7.50. The van der Waals surface area contributed by atoms with Crippen molar-refractivity contribution in [3.05, 3.63) is 34.2 Å². The van der Waals surface area contributed by atoms with Gasteiger partial charge in [-0.05, 0) is 31.2 Å². The number of hydrogen-bond acceptors (Lipinski definition) is 3. The lowest BCUT2D eigenvalue weighted by Gasteiger charge is -2.46. The molecule has 0 aliphatic carbocycles. The van der Waals surface area contributed by atoms with Gasteiger partial charge in [-0.1, -0.05) is 6.07 Å². The molecule has 0 amide bonds. The van der Waals surface area contributed by atoms with Crippen molar-refractivity contribution in [2.45, 2.75) is 37.8 Å². The molecule has 0 radical (unpaired) electrons. The van der Waals surface area contributed by atoms with E-state index in [0.29, 0.717) is 17.9 Å². The maximum atomic E-state index is 12.0. The third-order valence-electron chi connectivity index (χ3n) is 5.22. The fraction of sp³-hybridized carbons (Fsp3) is 0.688. The lowest BCUT2D eigenvalue weighted by Crippen LogP contribution is -2.51. The summed E-state index contributed by atoms with van der Waals surface area (Å²) in [5.74, 6) is 1.18. The Morgan fingerprint density at radius 3 is 2.80 bits per heavy atom. The normalized spacial score (nSPS) is 31.0. The number of rotatable bonds is 1. The summed E-state index contributed by atoms with van der Waals surface area (Å²) in [7, 11) is 0. The standard InChI is InChI=1S/C16H22N2O2/c19-16-3-1-2-15-13-8-12(10-18(15)16)9-17(11-13)14-4-6-20-7-5-14/h1-3,12-14H,4-11H2. The Morgan fingerprint density at radius 2 is 1.95 bits per heavy atom. The van der Waals surface area contributed by atoms with E-state index in [1.54, 1.807) is 6.07 Å². The second-order valence-corrected chi connectivity index (χ2v) is 6.50. The molecular weight excluding hydrogens is 252 g/mol. The third kappa shape index (κ3) is 2.11. The Kier molecular flexibility index (Phi) is 3.15. The van der Waals surface area contributed by atoms with Gasteiger partial charge in [0.2, 0.25) is 0 Å². The zero-order chi connectivity index (χ0) is 13.5. The second kappa shape index (κ2) is 5.01. The first-order chi connectivity index (χ1) is 9.81. The van der Waals surface area contributed by atoms with Crippen molar-refractivity contribution in [1.29, 1.82) is 0 Å². The number of pyridine rings is 1. The predicted molar refractivity (Wildman–Crippen MR) is 77.0 cm³/mol. The molecule has 108 valence electrons. The van der Waals surface area contributed by atoms with Crippen LogP contribution in [0.4, 0.5) is 0 Å². The summed E-state index contributed by atoms with van der Waals surface area (Å²) in [6.07, 6.45) is 3.59. The highest BCUT2D eigenvalue weighted by molar-refractivity contribution is 5.17. The van der Waals surface area contributed by atoms with Gasteiger partial charge in [0.25, 0.3) is 5.56 Å². The lowest BCUT2D eigenvalue weighted by molar-refractivity contribution is 0.00587. The van der Waals surface area contributed by atoms with Crippen LogP contribution >= 0.6 is 0 Å². The summed E-state index contributed by atoms with van der Waals surface area (Å²) in [4.78, 5) is 14.7. The molecule has 1 aromatic rings. The van der Waals surface area contributed by atoms with Crippen molar-refractivity contribution in [1.82, 2.24) is 9.47 Å². The van der Waals surface area contributed by atoms with Gasteiger partial charge in [-0.2, -0.15) is 0 Å². The number of nitrogens with zero attached hydrogens (tertiary/aromatic N) is 2. The minimum atomic E-state index is 0.178. The van der Waals surface area contributed by atoms with Crippen LogP contribution in [0.15, 0.2) is 23.0 Å². The molecule has 0 spiro atoms. The minimum Gasteiger partial charge on any atom is -0.381 e. The fourth-order valence-corrected chi connectivity index (χ4v) is 4.28. The van der Waals surface area contributed by atoms with E-state index in [-0.39, 0.29) is 5.56 Å². The van der Waals surface area contributed by atoms with Gasteiger partial charge < -0.3 is 9.30 Å². The summed E-state index contributed by atoms with van der Waals surface area (Å²) >= 11 is 0. The Labute approximate surface area is 119 Å². The molecule has 2 atom stereocenters. The van der Waals surface area contributed by atoms with E-state index >= 15 is 0 Å². The topological polar surface area (TPSA) is 34.5 Å². The van der Waals surface area contributed by atoms with E-state index < -0.39 is 0 Å². The molecule has 2 bridgehead atoms. The molecule has 0 aromatic carbocycles. The van der Waals surface area contributed by atoms with Crippen LogP contribution < -0.4 is 5.56 Å². The molecule has 3 aliphatic heterocycles. The highest BCUT2D eigenvalue weighted by Gasteiger charge is 2.37. The van der Waals surface area contributed by atoms with Gasteiger partial charge in [-0.15, -0.1) is 0 Å². The summed E-state index contributed by atoms with van der Waals surface area (Å²) in [6.45, 7) is 5.00. The molecule has 2 unspecified atom stereocenters. The highest BCUT2D eigenvalue weighted by atomic mass is 16.5. The van der Waals surface area contributed by atoms with Gasteiger partial charge in [0.05, 0.1) is 0 Å². The summed E-state index contributed by atoms with van der Waals surface area (Å²) in [6, 6.07) is 6.45. The SMILES string of the molecule is O=c1cccc2n1CC1CC2CN(C2CCOCC2)C1. The van der Waals surface area contributed by atoms with Crippen LogP contribution in [0, 0.1) is 5.92 Å². The number of hydrogen-bond donors (Lipinski definition) is 0. The van der Waals surface area contributed by atoms with Gasteiger partial charge in [-0.3, -0.25) is 9.69 Å². The van der Waals surface area contributed by atoms with Crippen LogP contribution in [0.2, 0.25) is 0 Å². The first-order valence-electron chi connectivity index (χ1n) is 7.83. The van der Waals surface area contributed by atoms with Crippen LogP contribution in [0.1, 0.15) is 30.9 Å². The number of fused-ring (bicyclic) bond motifs is 4. The lowest BCUT2D eigenvalue weighted by atomic mass is 9.82. The monoisotopic (exact) mass is 274 g/mol. The Hall–Kier alpha value is -1.13. The second-order valence-electron chi connectivity index (χ2n) is 6.50. The zero-order valence-electron chi connectivity index (χ0n) is 11.8. The summed E-state index contributed by atoms with van der Waals surface area (Å²) in [5.41, 5.74) is 1.43. The van der Waals surface area contributed by atoms with Crippen molar-refractivity contribution in [3.8, 4) is 0 Å². The average Bonchev–Trinajstić information content (AvgIpc) is 2.49. The van der Waals surface area contributed by atoms with Crippen molar-refractivity contribution < 1.29 is 4.74 Å². The predicted octanol–water partition coefficient (Wildman–Crippen LogP) is 1.45. The maximum Gasteiger partial charge on any atom is 0.250 e. The molecule has 2 saturated heterocycles. The minimum absolute atomic E-state index is 0.178. The highest BCUT2D eigenvalue weighted by Crippen LogP contribution is 2.36. The van der Waals surface area contributed by atoms with Gasteiger partial charge in [0, 0.05) is 56.6 Å². The largest absolute Gasteiger partial charge is 0.381 e. The van der Waals surface area contributed by atoms with E-state index in [4.69, 9.17) is 4.74 Å². The molecule has 4 nitrogen and oxygen atoms in total. The molecule has 0 N–H and O–H groups in total. The Bertz CT molecular complexity index is 548. The zero-order valence-corrected chi connectivity index (χ0v) is 11.8. The van der Waals surface area contributed by atoms with E-state index in [1.807, 2.05) is 10.6 Å². The summed E-state index contributed by atoms with van der Waals surface area (Å²) in [5, 5.41) is 0. The molecule has 20 heavy (non-hydrogen) atoms. The van der Waals surface area contributed by atoms with Gasteiger partial charge in [-0.25, -0.2) is 0 Å². The van der Waals surface area contributed by atoms with E-state index in [0.717, 1.165) is 32.8 Å². The van der Waals surface area contributed by atoms with E-state index in [1.165, 1.54) is 25.0 Å². The smallest absolute Gasteiger partial charge is 0.250 e. The quantitative estimate of drug-likeness (QED) is 0.777. The van der Waals surface area contributed by atoms with Crippen molar-refractivity contribution in [2.24, 2.45) is 5.92 Å². The molecule has 3 aliphatic rings. The molecule has 4 rings (SSSR count). The molecule has 1 aromatic heterocycles. The van der Waals surface area contributed by atoms with Crippen LogP contribution in [0.25, 0.3) is 0 Å². The molecular formula is C16H22N2O2. The van der Waals surface area contributed by atoms with Crippen LogP contribution in [-0.2, 0) is 11.3 Å². The van der Waals surface area contributed by atoms with Gasteiger partial charge in [0.1, 0.15) is 0 Å². The molecule has 4 heteroatoms. The number of ether oxygens (including phenoxy) is 1. The molecule has 2 fully saturated rings. The van der Waals surface area contributed by atoms with Gasteiger partial charge in [0.15, 0.2) is 0 Å². The van der Waals surface area contributed by atoms with Crippen LogP contribution in [-0.4, -0.2) is 41.8 Å². The van der Waals surface area contributed by atoms with Crippen LogP contribution in [0.3, 0.4) is 0 Å². The Balaban J connectivity index is 1.60. The maximum absolute atomic E-state index is 12.0. The number of piperidine rings is 1. The molecule has 0 saturated carbocycles. The molecule has 4 heterocycles. The first-order valence-corrected chi connectivity index (χ1v) is 7.83. The van der Waals surface area contributed by atoms with Crippen molar-refractivity contribution in [3.63, 3.8) is 0 Å².